The van der Waals surface area contributed by atoms with E-state index in [9.17, 15) is 13.2 Å². The van der Waals surface area contributed by atoms with Crippen LogP contribution in [0, 0.1) is 13.8 Å². The molecule has 0 unspecified atom stereocenters. The van der Waals surface area contributed by atoms with E-state index >= 15 is 0 Å². The van der Waals surface area contributed by atoms with Crippen LogP contribution in [0.5, 0.6) is 0 Å². The van der Waals surface area contributed by atoms with Crippen molar-refractivity contribution in [3.8, 4) is 0 Å². The second kappa shape index (κ2) is 7.03. The van der Waals surface area contributed by atoms with Crippen LogP contribution in [0.2, 0.25) is 0 Å². The number of amides is 1. The molecule has 124 valence electrons. The van der Waals surface area contributed by atoms with Crippen molar-refractivity contribution in [2.45, 2.75) is 13.8 Å². The minimum absolute atomic E-state index is 0.0853. The molecule has 0 aliphatic carbocycles. The highest BCUT2D eigenvalue weighted by Gasteiger charge is 2.23. The molecule has 9 heteroatoms. The van der Waals surface area contributed by atoms with Gasteiger partial charge < -0.3 is 5.32 Å². The molecule has 0 spiro atoms. The molecule has 0 saturated carbocycles. The largest absolute Gasteiger partial charge is 0.350 e. The standard InChI is InChI=1S/C13H22N4O3S2/c1-10-12(21-11(2)15-10)13(18)14-4-5-16-6-8-17(9-7-16)22(3,19)20/h4-9H2,1-3H3,(H,14,18). The number of nitrogens with zero attached hydrogens (tertiary/aromatic N) is 3. The van der Waals surface area contributed by atoms with Crippen molar-refractivity contribution >= 4 is 27.3 Å². The number of hydrogen-bond donors (Lipinski definition) is 1. The van der Waals surface area contributed by atoms with Crippen LogP contribution in [0.15, 0.2) is 0 Å². The van der Waals surface area contributed by atoms with Crippen molar-refractivity contribution in [2.75, 3.05) is 45.5 Å². The molecule has 0 aromatic carbocycles. The second-order valence-electron chi connectivity index (χ2n) is 5.41. The molecule has 2 rings (SSSR count). The molecule has 1 aliphatic rings. The molecular weight excluding hydrogens is 324 g/mol. The lowest BCUT2D eigenvalue weighted by Crippen LogP contribution is -2.49. The van der Waals surface area contributed by atoms with Crippen molar-refractivity contribution in [3.05, 3.63) is 15.6 Å². The van der Waals surface area contributed by atoms with E-state index < -0.39 is 10.0 Å². The average molecular weight is 346 g/mol. The van der Waals surface area contributed by atoms with Crippen LogP contribution in [-0.2, 0) is 10.0 Å². The maximum absolute atomic E-state index is 12.1. The first-order valence-corrected chi connectivity index (χ1v) is 9.83. The fourth-order valence-electron chi connectivity index (χ4n) is 2.43. The summed E-state index contributed by atoms with van der Waals surface area (Å²) in [4.78, 5) is 19.1. The van der Waals surface area contributed by atoms with Gasteiger partial charge in [0, 0.05) is 39.3 Å². The monoisotopic (exact) mass is 346 g/mol. The molecule has 1 aromatic rings. The number of nitrogens with one attached hydrogen (secondary N) is 1. The van der Waals surface area contributed by atoms with Gasteiger partial charge in [-0.25, -0.2) is 13.4 Å². The Morgan fingerprint density at radius 2 is 1.91 bits per heavy atom. The van der Waals surface area contributed by atoms with Crippen molar-refractivity contribution in [1.29, 1.82) is 0 Å². The van der Waals surface area contributed by atoms with Crippen molar-refractivity contribution < 1.29 is 13.2 Å². The van der Waals surface area contributed by atoms with Crippen LogP contribution in [0.3, 0.4) is 0 Å². The Morgan fingerprint density at radius 3 is 2.41 bits per heavy atom. The SMILES string of the molecule is Cc1nc(C)c(C(=O)NCCN2CCN(S(C)(=O)=O)CC2)s1. The first-order chi connectivity index (χ1) is 10.3. The highest BCUT2D eigenvalue weighted by Crippen LogP contribution is 2.16. The Bertz CT molecular complexity index is 634. The van der Waals surface area contributed by atoms with E-state index in [0.717, 1.165) is 17.2 Å². The highest BCUT2D eigenvalue weighted by atomic mass is 32.2. The lowest BCUT2D eigenvalue weighted by molar-refractivity contribution is 0.0948. The van der Waals surface area contributed by atoms with Crippen molar-refractivity contribution in [2.24, 2.45) is 0 Å². The number of carbonyl (C=O) groups excluding carboxylic acids is 1. The molecule has 1 saturated heterocycles. The number of thiazole rings is 1. The Labute approximate surface area is 135 Å². The maximum atomic E-state index is 12.1. The second-order valence-corrected chi connectivity index (χ2v) is 8.59. The smallest absolute Gasteiger partial charge is 0.263 e. The number of aromatic nitrogens is 1. The summed E-state index contributed by atoms with van der Waals surface area (Å²) in [7, 11) is -3.09. The van der Waals surface area contributed by atoms with Crippen molar-refractivity contribution in [1.82, 2.24) is 19.5 Å². The normalized spacial score (nSPS) is 17.6. The van der Waals surface area contributed by atoms with Crippen LogP contribution in [0.4, 0.5) is 0 Å². The number of hydrogen-bond acceptors (Lipinski definition) is 6. The summed E-state index contributed by atoms with van der Waals surface area (Å²) >= 11 is 1.40. The topological polar surface area (TPSA) is 82.6 Å². The number of aryl methyl sites for hydroxylation is 2. The summed E-state index contributed by atoms with van der Waals surface area (Å²) in [6.45, 7) is 7.41. The third-order valence-corrected chi connectivity index (χ3v) is 6.00. The summed E-state index contributed by atoms with van der Waals surface area (Å²) in [6.07, 6.45) is 1.24. The average Bonchev–Trinajstić information content (AvgIpc) is 2.77. The minimum Gasteiger partial charge on any atom is -0.350 e. The van der Waals surface area contributed by atoms with Crippen LogP contribution in [-0.4, -0.2) is 74.0 Å². The summed E-state index contributed by atoms with van der Waals surface area (Å²) in [5.74, 6) is -0.0853. The predicted molar refractivity (Wildman–Crippen MR) is 86.8 cm³/mol. The van der Waals surface area contributed by atoms with Gasteiger partial charge in [-0.1, -0.05) is 0 Å². The minimum atomic E-state index is -3.09. The van der Waals surface area contributed by atoms with Gasteiger partial charge in [-0.15, -0.1) is 11.3 Å². The maximum Gasteiger partial charge on any atom is 0.263 e. The molecule has 0 radical (unpaired) electrons. The molecule has 22 heavy (non-hydrogen) atoms. The molecule has 7 nitrogen and oxygen atoms in total. The van der Waals surface area contributed by atoms with E-state index in [1.807, 2.05) is 13.8 Å². The Balaban J connectivity index is 1.74. The van der Waals surface area contributed by atoms with E-state index in [0.29, 0.717) is 37.6 Å². The van der Waals surface area contributed by atoms with Gasteiger partial charge >= 0.3 is 0 Å². The van der Waals surface area contributed by atoms with E-state index in [-0.39, 0.29) is 5.91 Å². The highest BCUT2D eigenvalue weighted by molar-refractivity contribution is 7.88. The summed E-state index contributed by atoms with van der Waals surface area (Å²) in [5, 5.41) is 3.79. The third-order valence-electron chi connectivity index (χ3n) is 3.62. The van der Waals surface area contributed by atoms with Gasteiger partial charge in [0.05, 0.1) is 17.0 Å². The number of sulfonamides is 1. The molecule has 2 heterocycles. The van der Waals surface area contributed by atoms with Gasteiger partial charge in [0.25, 0.3) is 5.91 Å². The molecular formula is C13H22N4O3S2. The lowest BCUT2D eigenvalue weighted by atomic mass is 10.3. The van der Waals surface area contributed by atoms with E-state index in [1.165, 1.54) is 21.9 Å². The summed E-state index contributed by atoms with van der Waals surface area (Å²) in [5.41, 5.74) is 0.766. The zero-order chi connectivity index (χ0) is 16.3. The van der Waals surface area contributed by atoms with E-state index in [2.05, 4.69) is 15.2 Å². The number of rotatable bonds is 5. The quantitative estimate of drug-likeness (QED) is 0.816. The first kappa shape index (κ1) is 17.3. The Kier molecular flexibility index (Phi) is 5.54. The van der Waals surface area contributed by atoms with E-state index in [1.54, 1.807) is 0 Å². The molecule has 1 aliphatic heterocycles. The van der Waals surface area contributed by atoms with Gasteiger partial charge in [0.2, 0.25) is 10.0 Å². The van der Waals surface area contributed by atoms with Crippen LogP contribution < -0.4 is 5.32 Å². The molecule has 0 bridgehead atoms. The molecule has 1 fully saturated rings. The van der Waals surface area contributed by atoms with Crippen molar-refractivity contribution in [3.63, 3.8) is 0 Å². The summed E-state index contributed by atoms with van der Waals surface area (Å²) in [6, 6.07) is 0. The van der Waals surface area contributed by atoms with Gasteiger partial charge in [-0.3, -0.25) is 9.69 Å². The molecule has 0 atom stereocenters. The fourth-order valence-corrected chi connectivity index (χ4v) is 4.10. The molecule has 1 aromatic heterocycles. The lowest BCUT2D eigenvalue weighted by Gasteiger charge is -2.33. The van der Waals surface area contributed by atoms with Crippen LogP contribution in [0.25, 0.3) is 0 Å². The van der Waals surface area contributed by atoms with Gasteiger partial charge in [0.15, 0.2) is 0 Å². The molecule has 1 amide bonds. The summed E-state index contributed by atoms with van der Waals surface area (Å²) < 4.78 is 24.4. The first-order valence-electron chi connectivity index (χ1n) is 7.17. The van der Waals surface area contributed by atoms with E-state index in [4.69, 9.17) is 0 Å². The third kappa shape index (κ3) is 4.48. The van der Waals surface area contributed by atoms with Crippen LogP contribution >= 0.6 is 11.3 Å². The van der Waals surface area contributed by atoms with Gasteiger partial charge in [-0.05, 0) is 13.8 Å². The predicted octanol–water partition coefficient (Wildman–Crippen LogP) is 0.0669. The van der Waals surface area contributed by atoms with Gasteiger partial charge in [-0.2, -0.15) is 4.31 Å². The van der Waals surface area contributed by atoms with Gasteiger partial charge in [0.1, 0.15) is 4.88 Å². The van der Waals surface area contributed by atoms with Crippen LogP contribution in [0.1, 0.15) is 20.4 Å². The zero-order valence-electron chi connectivity index (χ0n) is 13.1. The fraction of sp³-hybridized carbons (Fsp3) is 0.692. The zero-order valence-corrected chi connectivity index (χ0v) is 14.8. The Morgan fingerprint density at radius 1 is 1.27 bits per heavy atom. The number of piperazine rings is 1. The molecule has 1 N–H and O–H groups in total. The number of carbonyl (C=O) groups is 1. The Hall–Kier alpha value is -1.03.